The third-order valence-electron chi connectivity index (χ3n) is 4.09. The molecule has 0 heterocycles. The molecule has 13 heavy (non-hydrogen) atoms. The maximum Gasteiger partial charge on any atom is 0.0713 e. The average Bonchev–Trinajstić information content (AvgIpc) is 2.12. The van der Waals surface area contributed by atoms with E-state index in [4.69, 9.17) is 0 Å². The van der Waals surface area contributed by atoms with Crippen molar-refractivity contribution in [3.63, 3.8) is 0 Å². The molecule has 1 N–H and O–H groups in total. The predicted octanol–water partition coefficient (Wildman–Crippen LogP) is 2.89. The van der Waals surface area contributed by atoms with E-state index in [1.807, 2.05) is 0 Å². The first-order chi connectivity index (χ1) is 6.13. The van der Waals surface area contributed by atoms with Gasteiger partial charge >= 0.3 is 0 Å². The highest BCUT2D eigenvalue weighted by molar-refractivity contribution is 5.16. The fraction of sp³-hybridized carbons (Fsp3) is 0.833. The van der Waals surface area contributed by atoms with Gasteiger partial charge in [-0.25, -0.2) is 0 Å². The van der Waals surface area contributed by atoms with Gasteiger partial charge in [-0.05, 0) is 31.6 Å². The molecule has 0 radical (unpaired) electrons. The molecule has 2 aliphatic carbocycles. The molecule has 0 aromatic rings. The van der Waals surface area contributed by atoms with E-state index in [9.17, 15) is 5.11 Å². The molecule has 74 valence electrons. The molecule has 2 aliphatic rings. The van der Waals surface area contributed by atoms with Gasteiger partial charge in [0.1, 0.15) is 0 Å². The lowest BCUT2D eigenvalue weighted by atomic mass is 9.62. The summed E-state index contributed by atoms with van der Waals surface area (Å²) in [6, 6.07) is 0. The Kier molecular flexibility index (Phi) is 2.23. The van der Waals surface area contributed by atoms with Gasteiger partial charge in [0.2, 0.25) is 0 Å². The number of hydrogen-bond acceptors (Lipinski definition) is 1. The quantitative estimate of drug-likeness (QED) is 0.568. The molecule has 2 saturated carbocycles. The number of fused-ring (bicyclic) bond motifs is 1. The van der Waals surface area contributed by atoms with Gasteiger partial charge in [-0.2, -0.15) is 0 Å². The normalized spacial score (nSPS) is 45.8. The van der Waals surface area contributed by atoms with Crippen molar-refractivity contribution >= 4 is 0 Å². The Morgan fingerprint density at radius 1 is 1.31 bits per heavy atom. The smallest absolute Gasteiger partial charge is 0.0713 e. The van der Waals surface area contributed by atoms with Crippen LogP contribution in [0, 0.1) is 11.8 Å². The highest BCUT2D eigenvalue weighted by Gasteiger charge is 2.44. The maximum absolute atomic E-state index is 10.4. The van der Waals surface area contributed by atoms with Crippen LogP contribution in [0.25, 0.3) is 0 Å². The Hall–Kier alpha value is -0.300. The van der Waals surface area contributed by atoms with Crippen LogP contribution in [0.4, 0.5) is 0 Å². The molecular formula is C12H20O. The number of rotatable bonds is 0. The van der Waals surface area contributed by atoms with Crippen LogP contribution in [-0.2, 0) is 0 Å². The van der Waals surface area contributed by atoms with Gasteiger partial charge in [-0.15, -0.1) is 0 Å². The highest BCUT2D eigenvalue weighted by atomic mass is 16.3. The first-order valence-corrected chi connectivity index (χ1v) is 5.54. The summed E-state index contributed by atoms with van der Waals surface area (Å²) in [6.07, 6.45) is 6.78. The number of hydrogen-bond donors (Lipinski definition) is 1. The minimum atomic E-state index is -0.373. The van der Waals surface area contributed by atoms with Crippen molar-refractivity contribution in [2.24, 2.45) is 11.8 Å². The van der Waals surface area contributed by atoms with E-state index in [1.165, 1.54) is 24.8 Å². The average molecular weight is 180 g/mol. The third kappa shape index (κ3) is 1.43. The first-order valence-electron chi connectivity index (χ1n) is 5.54. The minimum Gasteiger partial charge on any atom is -0.389 e. The van der Waals surface area contributed by atoms with Crippen molar-refractivity contribution in [3.05, 3.63) is 12.2 Å². The van der Waals surface area contributed by atoms with Crippen LogP contribution in [0.15, 0.2) is 12.2 Å². The van der Waals surface area contributed by atoms with Crippen molar-refractivity contribution in [1.29, 1.82) is 0 Å². The highest BCUT2D eigenvalue weighted by Crippen LogP contribution is 2.47. The monoisotopic (exact) mass is 180 g/mol. The van der Waals surface area contributed by atoms with Gasteiger partial charge < -0.3 is 5.11 Å². The summed E-state index contributed by atoms with van der Waals surface area (Å²) >= 11 is 0. The second-order valence-corrected chi connectivity index (χ2v) is 4.92. The zero-order chi connectivity index (χ0) is 9.47. The molecule has 0 spiro atoms. The molecule has 0 saturated heterocycles. The van der Waals surface area contributed by atoms with Crippen LogP contribution in [0.2, 0.25) is 0 Å². The molecular weight excluding hydrogens is 160 g/mol. The topological polar surface area (TPSA) is 20.2 Å². The van der Waals surface area contributed by atoms with E-state index in [1.54, 1.807) is 0 Å². The van der Waals surface area contributed by atoms with Gasteiger partial charge in [0.05, 0.1) is 5.60 Å². The predicted molar refractivity (Wildman–Crippen MR) is 54.4 cm³/mol. The van der Waals surface area contributed by atoms with E-state index in [0.29, 0.717) is 11.8 Å². The molecule has 1 heteroatoms. The summed E-state index contributed by atoms with van der Waals surface area (Å²) in [5.41, 5.74) is 0.940. The second kappa shape index (κ2) is 3.13. The van der Waals surface area contributed by atoms with Crippen molar-refractivity contribution < 1.29 is 5.11 Å². The summed E-state index contributed by atoms with van der Waals surface area (Å²) in [7, 11) is 0. The SMILES string of the molecule is C=C1[C@@H](C)CC[C@]2(O)CCCC[C@@H]12. The Balaban J connectivity index is 2.20. The number of aliphatic hydroxyl groups is 1. The molecule has 3 atom stereocenters. The van der Waals surface area contributed by atoms with E-state index in [0.717, 1.165) is 19.3 Å². The van der Waals surface area contributed by atoms with Crippen LogP contribution >= 0.6 is 0 Å². The minimum absolute atomic E-state index is 0.373. The largest absolute Gasteiger partial charge is 0.389 e. The van der Waals surface area contributed by atoms with Crippen LogP contribution in [0.3, 0.4) is 0 Å². The van der Waals surface area contributed by atoms with Gasteiger partial charge in [0.15, 0.2) is 0 Å². The fourth-order valence-corrected chi connectivity index (χ4v) is 3.05. The Morgan fingerprint density at radius 2 is 2.08 bits per heavy atom. The van der Waals surface area contributed by atoms with Crippen molar-refractivity contribution in [2.45, 2.75) is 51.0 Å². The Bertz CT molecular complexity index is 221. The molecule has 0 aromatic carbocycles. The first kappa shape index (κ1) is 9.26. The molecule has 1 nitrogen and oxygen atoms in total. The van der Waals surface area contributed by atoms with Crippen LogP contribution < -0.4 is 0 Å². The van der Waals surface area contributed by atoms with Crippen LogP contribution in [-0.4, -0.2) is 10.7 Å². The van der Waals surface area contributed by atoms with Gasteiger partial charge in [-0.3, -0.25) is 0 Å². The molecule has 0 amide bonds. The molecule has 2 fully saturated rings. The van der Waals surface area contributed by atoms with E-state index < -0.39 is 0 Å². The summed E-state index contributed by atoms with van der Waals surface area (Å²) in [5, 5.41) is 10.4. The van der Waals surface area contributed by atoms with E-state index in [2.05, 4.69) is 13.5 Å². The Morgan fingerprint density at radius 3 is 2.85 bits per heavy atom. The lowest BCUT2D eigenvalue weighted by Gasteiger charge is -2.47. The summed E-state index contributed by atoms with van der Waals surface area (Å²) < 4.78 is 0. The third-order valence-corrected chi connectivity index (χ3v) is 4.09. The fourth-order valence-electron chi connectivity index (χ4n) is 3.05. The van der Waals surface area contributed by atoms with Crippen molar-refractivity contribution in [1.82, 2.24) is 0 Å². The maximum atomic E-state index is 10.4. The lowest BCUT2D eigenvalue weighted by Crippen LogP contribution is -2.45. The lowest BCUT2D eigenvalue weighted by molar-refractivity contribution is -0.0602. The van der Waals surface area contributed by atoms with Crippen LogP contribution in [0.5, 0.6) is 0 Å². The van der Waals surface area contributed by atoms with Crippen molar-refractivity contribution in [3.8, 4) is 0 Å². The summed E-state index contributed by atoms with van der Waals surface area (Å²) in [5.74, 6) is 1.04. The summed E-state index contributed by atoms with van der Waals surface area (Å²) in [6.45, 7) is 6.41. The van der Waals surface area contributed by atoms with Crippen LogP contribution in [0.1, 0.15) is 45.4 Å². The molecule has 2 rings (SSSR count). The molecule has 0 unspecified atom stereocenters. The van der Waals surface area contributed by atoms with Gasteiger partial charge in [0, 0.05) is 5.92 Å². The molecule has 0 aliphatic heterocycles. The van der Waals surface area contributed by atoms with Gasteiger partial charge in [-0.1, -0.05) is 31.9 Å². The molecule has 0 bridgehead atoms. The van der Waals surface area contributed by atoms with Gasteiger partial charge in [0.25, 0.3) is 0 Å². The second-order valence-electron chi connectivity index (χ2n) is 4.92. The zero-order valence-electron chi connectivity index (χ0n) is 8.55. The standard InChI is InChI=1S/C12H20O/c1-9-6-8-12(13)7-4-3-5-11(12)10(9)2/h9,11,13H,2-8H2,1H3/t9-,11-,12+/m0/s1. The van der Waals surface area contributed by atoms with Crippen molar-refractivity contribution in [2.75, 3.05) is 0 Å². The van der Waals surface area contributed by atoms with E-state index in [-0.39, 0.29) is 5.60 Å². The Labute approximate surface area is 80.8 Å². The zero-order valence-corrected chi connectivity index (χ0v) is 8.55. The summed E-state index contributed by atoms with van der Waals surface area (Å²) in [4.78, 5) is 0. The molecule has 0 aromatic heterocycles. The van der Waals surface area contributed by atoms with E-state index >= 15 is 0 Å².